The summed E-state index contributed by atoms with van der Waals surface area (Å²) in [5, 5.41) is 116. The summed E-state index contributed by atoms with van der Waals surface area (Å²) in [6, 6.07) is 3.72. The van der Waals surface area contributed by atoms with Gasteiger partial charge in [0.25, 0.3) is 6.04 Å². The molecule has 0 spiro atoms. The molecule has 24 heteroatoms. The van der Waals surface area contributed by atoms with Crippen LogP contribution in [0.4, 0.5) is 5.69 Å². The summed E-state index contributed by atoms with van der Waals surface area (Å²) in [4.78, 5) is 60.8. The molecule has 6 rings (SSSR count). The van der Waals surface area contributed by atoms with E-state index in [-0.39, 0.29) is 41.2 Å². The molecule has 12 N–H and O–H groups in total. The minimum absolute atomic E-state index is 0.0630. The predicted octanol–water partition coefficient (Wildman–Crippen LogP) is -2.47. The Kier molecular flexibility index (Phi) is 14.2. The monoisotopic (exact) mass is 903 g/mol. The molecule has 12 atom stereocenters. The second-order valence-corrected chi connectivity index (χ2v) is 14.7. The van der Waals surface area contributed by atoms with Crippen LogP contribution >= 0.6 is 0 Å². The average molecular weight is 904 g/mol. The molecule has 64 heavy (non-hydrogen) atoms. The molecule has 12 unspecified atom stereocenters. The van der Waals surface area contributed by atoms with Gasteiger partial charge in [-0.15, -0.1) is 0 Å². The Bertz CT molecular complexity index is 2290. The molecule has 0 amide bonds. The number of aromatic hydroxyl groups is 2. The van der Waals surface area contributed by atoms with Crippen molar-refractivity contribution in [1.82, 2.24) is 5.32 Å². The van der Waals surface area contributed by atoms with Crippen molar-refractivity contribution in [3.05, 3.63) is 71.0 Å². The van der Waals surface area contributed by atoms with Gasteiger partial charge < -0.3 is 89.9 Å². The van der Waals surface area contributed by atoms with Gasteiger partial charge in [-0.25, -0.2) is 24.0 Å². The number of carboxylic acid groups (broad SMARTS) is 4. The highest BCUT2D eigenvalue weighted by molar-refractivity contribution is 5.90. The van der Waals surface area contributed by atoms with Crippen LogP contribution in [-0.2, 0) is 49.3 Å². The van der Waals surface area contributed by atoms with Crippen LogP contribution in [0.1, 0.15) is 17.5 Å². The highest BCUT2D eigenvalue weighted by Gasteiger charge is 2.54. The number of rotatable bonds is 14. The summed E-state index contributed by atoms with van der Waals surface area (Å²) in [5.74, 6) is -8.35. The third-order valence-corrected chi connectivity index (χ3v) is 10.6. The van der Waals surface area contributed by atoms with E-state index in [0.29, 0.717) is 5.56 Å². The number of hydrogen-bond donors (Lipinski definition) is 12. The van der Waals surface area contributed by atoms with E-state index in [0.717, 1.165) is 12.1 Å². The van der Waals surface area contributed by atoms with Crippen LogP contribution in [0.25, 0.3) is 6.08 Å². The third-order valence-electron chi connectivity index (χ3n) is 10.6. The van der Waals surface area contributed by atoms with Gasteiger partial charge in [0.05, 0.1) is 26.2 Å². The van der Waals surface area contributed by atoms with E-state index in [2.05, 4.69) is 5.32 Å². The number of esters is 1. The first-order valence-electron chi connectivity index (χ1n) is 19.1. The minimum atomic E-state index is -2.22. The van der Waals surface area contributed by atoms with Crippen molar-refractivity contribution in [2.75, 3.05) is 13.7 Å². The second-order valence-electron chi connectivity index (χ2n) is 14.7. The van der Waals surface area contributed by atoms with Gasteiger partial charge in [0.15, 0.2) is 53.8 Å². The van der Waals surface area contributed by atoms with Crippen molar-refractivity contribution in [3.63, 3.8) is 0 Å². The Balaban J connectivity index is 1.30. The molecule has 344 valence electrons. The number of carboxylic acids is 4. The van der Waals surface area contributed by atoms with Crippen LogP contribution in [0.5, 0.6) is 23.0 Å². The smallest absolute Gasteiger partial charge is 0.373 e. The normalized spacial score (nSPS) is 31.4. The topological polar surface area (TPSA) is 378 Å². The Morgan fingerprint density at radius 3 is 2.19 bits per heavy atom. The third kappa shape index (κ3) is 9.93. The maximum absolute atomic E-state index is 13.0. The van der Waals surface area contributed by atoms with E-state index in [1.165, 1.54) is 60.4 Å². The standard InChI is InChI=1S/C40H42N2O22/c1-59-24-10-15(2-4-22(24)44)3-5-27(46)62-33-31(50)30(49)32(38(57)58)63-40(33)64-34-29(48)28(47)26(14-43)61-39(34)60-25-12-17-11-21(37(55)56)42(20(17)13-23(25)45)7-6-16-8-18(35(51)52)41-19(9-16)36(53)54/h2-8,10,12-13,19,21,26,28-34,39-40,43,47-50H,9,11,14H2,1H3,(H6,44,45,46,51,52,53,54,55,56,57,58)/p+1. The molecule has 24 nitrogen and oxygen atoms in total. The van der Waals surface area contributed by atoms with Gasteiger partial charge in [-0.3, -0.25) is 0 Å². The molecule has 2 aromatic rings. The summed E-state index contributed by atoms with van der Waals surface area (Å²) in [6.45, 7) is -0.917. The van der Waals surface area contributed by atoms with Crippen LogP contribution in [0.3, 0.4) is 0 Å². The largest absolute Gasteiger partial charge is 0.504 e. The summed E-state index contributed by atoms with van der Waals surface area (Å²) >= 11 is 0. The van der Waals surface area contributed by atoms with E-state index in [4.69, 9.17) is 28.4 Å². The van der Waals surface area contributed by atoms with Crippen molar-refractivity contribution >= 4 is 47.8 Å². The number of aliphatic carboxylic acids is 4. The first-order valence-corrected chi connectivity index (χ1v) is 19.1. The fraction of sp³-hybridized carbons (Fsp3) is 0.400. The van der Waals surface area contributed by atoms with Gasteiger partial charge >= 0.3 is 29.8 Å². The molecule has 0 bridgehead atoms. The number of aliphatic hydroxyl groups is 5. The summed E-state index contributed by atoms with van der Waals surface area (Å²) in [7, 11) is 1.29. The lowest BCUT2D eigenvalue weighted by Gasteiger charge is -2.46. The van der Waals surface area contributed by atoms with Gasteiger partial charge in [0, 0.05) is 24.1 Å². The Labute approximate surface area is 359 Å². The van der Waals surface area contributed by atoms with E-state index in [1.807, 2.05) is 0 Å². The molecule has 0 radical (unpaired) electrons. The average Bonchev–Trinajstić information content (AvgIpc) is 3.61. The van der Waals surface area contributed by atoms with Crippen LogP contribution < -0.4 is 14.8 Å². The van der Waals surface area contributed by atoms with Gasteiger partial charge in [0.1, 0.15) is 42.3 Å². The quantitative estimate of drug-likeness (QED) is 0.0531. The number of methoxy groups -OCH3 is 1. The Hall–Kier alpha value is -6.64. The fourth-order valence-electron chi connectivity index (χ4n) is 7.28. The summed E-state index contributed by atoms with van der Waals surface area (Å²) in [5.41, 5.74) is 0.490. The molecule has 0 aliphatic carbocycles. The molecule has 2 aromatic carbocycles. The van der Waals surface area contributed by atoms with Gasteiger partial charge in [0.2, 0.25) is 12.0 Å². The number of allylic oxidation sites excluding steroid dienone is 2. The number of benzene rings is 2. The van der Waals surface area contributed by atoms with Crippen molar-refractivity contribution < 1.29 is 113 Å². The number of fused-ring (bicyclic) bond motifs is 1. The Morgan fingerprint density at radius 2 is 1.55 bits per heavy atom. The number of carbonyl (C=O) groups is 5. The van der Waals surface area contributed by atoms with Crippen molar-refractivity contribution in [2.45, 2.75) is 86.3 Å². The summed E-state index contributed by atoms with van der Waals surface area (Å²) in [6.07, 6.45) is -15.0. The molecule has 0 aromatic heterocycles. The van der Waals surface area contributed by atoms with Gasteiger partial charge in [-0.05, 0) is 41.5 Å². The minimum Gasteiger partial charge on any atom is -0.504 e. The number of nitrogens with one attached hydrogen (secondary N) is 1. The molecular formula is C40H43N2O22+. The number of nitrogens with zero attached hydrogens (tertiary/aromatic N) is 1. The highest BCUT2D eigenvalue weighted by Crippen LogP contribution is 2.41. The maximum atomic E-state index is 13.0. The zero-order valence-electron chi connectivity index (χ0n) is 33.2. The maximum Gasteiger partial charge on any atom is 0.373 e. The zero-order valence-corrected chi connectivity index (χ0v) is 33.2. The van der Waals surface area contributed by atoms with E-state index >= 15 is 0 Å². The molecular weight excluding hydrogens is 860 g/mol. The number of phenols is 2. The first kappa shape index (κ1) is 46.9. The van der Waals surface area contributed by atoms with Crippen molar-refractivity contribution in [3.8, 4) is 23.0 Å². The van der Waals surface area contributed by atoms with Crippen LogP contribution in [-0.4, -0.2) is 184 Å². The predicted molar refractivity (Wildman–Crippen MR) is 207 cm³/mol. The summed E-state index contributed by atoms with van der Waals surface area (Å²) < 4.78 is 34.4. The fourth-order valence-corrected chi connectivity index (χ4v) is 7.28. The lowest BCUT2D eigenvalue weighted by atomic mass is 9.97. The molecule has 4 aliphatic heterocycles. The number of carbonyl (C=O) groups excluding carboxylic acids is 1. The molecule has 4 aliphatic rings. The van der Waals surface area contributed by atoms with E-state index in [1.54, 1.807) is 0 Å². The number of ether oxygens (including phenoxy) is 6. The first-order chi connectivity index (χ1) is 30.3. The molecule has 0 saturated carbocycles. The van der Waals surface area contributed by atoms with Gasteiger partial charge in [-0.2, -0.15) is 4.58 Å². The SMILES string of the molecule is COc1cc(C=CC(=O)OC2C(OC3C(Oc4cc5c(cc4O)[N+](=CC=C4C=C(C(=O)O)NC(C(=O)O)C4)C(C(=O)O)C5)OC(CO)C(O)C3O)OC(C(=O)O)C(O)C2O)ccc1O. The lowest BCUT2D eigenvalue weighted by Crippen LogP contribution is -2.66. The number of phenolic OH excluding ortho intramolecular Hbond substituents is 2. The highest BCUT2D eigenvalue weighted by atomic mass is 16.8. The zero-order chi connectivity index (χ0) is 46.7. The second kappa shape index (κ2) is 19.4. The van der Waals surface area contributed by atoms with Crippen LogP contribution in [0.15, 0.2) is 59.8 Å². The number of aliphatic hydroxyl groups excluding tert-OH is 5. The molecule has 2 fully saturated rings. The number of hydrogen-bond acceptors (Lipinski definition) is 19. The van der Waals surface area contributed by atoms with Crippen molar-refractivity contribution in [2.24, 2.45) is 0 Å². The molecule has 4 heterocycles. The van der Waals surface area contributed by atoms with Gasteiger partial charge in [-0.1, -0.05) is 6.07 Å². The molecule has 2 saturated heterocycles. The van der Waals surface area contributed by atoms with Crippen LogP contribution in [0, 0.1) is 0 Å². The van der Waals surface area contributed by atoms with Crippen molar-refractivity contribution in [1.29, 1.82) is 0 Å². The Morgan fingerprint density at radius 1 is 0.828 bits per heavy atom. The van der Waals surface area contributed by atoms with E-state index in [9.17, 15) is 80.1 Å². The van der Waals surface area contributed by atoms with E-state index < -0.39 is 127 Å². The lowest BCUT2D eigenvalue weighted by molar-refractivity contribution is -0.456. The van der Waals surface area contributed by atoms with Crippen LogP contribution in [0.2, 0.25) is 0 Å².